The highest BCUT2D eigenvalue weighted by Crippen LogP contribution is 2.31. The van der Waals surface area contributed by atoms with Gasteiger partial charge in [0.15, 0.2) is 5.82 Å². The molecule has 2 aromatic rings. The Morgan fingerprint density at radius 1 is 1.36 bits per heavy atom. The van der Waals surface area contributed by atoms with Crippen molar-refractivity contribution in [3.8, 4) is 0 Å². The van der Waals surface area contributed by atoms with Crippen LogP contribution in [0.5, 0.6) is 0 Å². The summed E-state index contributed by atoms with van der Waals surface area (Å²) in [5, 5.41) is 4.11. The Hall–Kier alpha value is -2.21. The lowest BCUT2D eigenvalue weighted by Crippen LogP contribution is -2.38. The van der Waals surface area contributed by atoms with Crippen LogP contribution in [0.2, 0.25) is 0 Å². The molecule has 1 aliphatic heterocycles. The van der Waals surface area contributed by atoms with E-state index < -0.39 is 0 Å². The van der Waals surface area contributed by atoms with Crippen LogP contribution in [0.25, 0.3) is 0 Å². The topological polar surface area (TPSA) is 62.5 Å². The monoisotopic (exact) mass is 342 g/mol. The predicted octanol–water partition coefficient (Wildman–Crippen LogP) is 2.99. The zero-order valence-corrected chi connectivity index (χ0v) is 15.2. The maximum absolute atomic E-state index is 12.8. The van der Waals surface area contributed by atoms with E-state index in [-0.39, 0.29) is 17.9 Å². The maximum atomic E-state index is 12.8. The number of nitrogens with zero attached hydrogens (tertiary/aromatic N) is 4. The molecule has 1 saturated heterocycles. The third kappa shape index (κ3) is 4.25. The number of hydrogen-bond donors (Lipinski definition) is 0. The van der Waals surface area contributed by atoms with Gasteiger partial charge in [-0.15, -0.1) is 0 Å². The van der Waals surface area contributed by atoms with E-state index in [0.717, 1.165) is 25.9 Å². The van der Waals surface area contributed by atoms with E-state index in [4.69, 9.17) is 4.52 Å². The lowest BCUT2D eigenvalue weighted by molar-refractivity contribution is -0.133. The average molecular weight is 342 g/mol. The molecular formula is C19H26N4O2. The van der Waals surface area contributed by atoms with Crippen LogP contribution in [0.15, 0.2) is 34.9 Å². The molecular weight excluding hydrogens is 316 g/mol. The Morgan fingerprint density at radius 3 is 2.80 bits per heavy atom. The van der Waals surface area contributed by atoms with Crippen LogP contribution >= 0.6 is 0 Å². The first-order chi connectivity index (χ1) is 12.0. The van der Waals surface area contributed by atoms with Gasteiger partial charge in [0, 0.05) is 19.0 Å². The van der Waals surface area contributed by atoms with Crippen LogP contribution in [0, 0.1) is 0 Å². The van der Waals surface area contributed by atoms with Gasteiger partial charge in [-0.3, -0.25) is 9.69 Å². The number of rotatable bonds is 6. The molecule has 1 unspecified atom stereocenters. The molecule has 0 spiro atoms. The summed E-state index contributed by atoms with van der Waals surface area (Å²) in [4.78, 5) is 21.2. The van der Waals surface area contributed by atoms with E-state index in [1.54, 1.807) is 0 Å². The summed E-state index contributed by atoms with van der Waals surface area (Å²) in [5.74, 6) is 1.59. The third-order valence-corrected chi connectivity index (χ3v) is 4.52. The van der Waals surface area contributed by atoms with Crippen molar-refractivity contribution in [2.24, 2.45) is 0 Å². The SMILES string of the molecule is CC(C)c1nc(C2CCCN2C(=O)CN(C)Cc2ccccc2)no1. The van der Waals surface area contributed by atoms with Gasteiger partial charge in [-0.2, -0.15) is 4.98 Å². The molecule has 1 amide bonds. The molecule has 3 rings (SSSR count). The zero-order valence-electron chi connectivity index (χ0n) is 15.2. The normalized spacial score (nSPS) is 17.6. The van der Waals surface area contributed by atoms with Crippen molar-refractivity contribution in [3.05, 3.63) is 47.6 Å². The van der Waals surface area contributed by atoms with Gasteiger partial charge in [0.2, 0.25) is 11.8 Å². The van der Waals surface area contributed by atoms with E-state index in [9.17, 15) is 4.79 Å². The van der Waals surface area contributed by atoms with Gasteiger partial charge >= 0.3 is 0 Å². The molecule has 1 fully saturated rings. The Morgan fingerprint density at radius 2 is 2.12 bits per heavy atom. The first-order valence-electron chi connectivity index (χ1n) is 8.90. The summed E-state index contributed by atoms with van der Waals surface area (Å²) in [6.45, 7) is 5.94. The summed E-state index contributed by atoms with van der Waals surface area (Å²) < 4.78 is 5.32. The van der Waals surface area contributed by atoms with Crippen LogP contribution in [-0.4, -0.2) is 46.0 Å². The van der Waals surface area contributed by atoms with E-state index in [1.807, 2.05) is 48.9 Å². The summed E-state index contributed by atoms with van der Waals surface area (Å²) in [5.41, 5.74) is 1.20. The highest BCUT2D eigenvalue weighted by Gasteiger charge is 2.33. The van der Waals surface area contributed by atoms with Crippen LogP contribution in [-0.2, 0) is 11.3 Å². The Kier molecular flexibility index (Phi) is 5.48. The van der Waals surface area contributed by atoms with Crippen LogP contribution < -0.4 is 0 Å². The second kappa shape index (κ2) is 7.78. The number of amides is 1. The smallest absolute Gasteiger partial charge is 0.237 e. The van der Waals surface area contributed by atoms with E-state index in [0.29, 0.717) is 18.3 Å². The van der Waals surface area contributed by atoms with Gasteiger partial charge in [0.25, 0.3) is 0 Å². The highest BCUT2D eigenvalue weighted by atomic mass is 16.5. The third-order valence-electron chi connectivity index (χ3n) is 4.52. The number of carbonyl (C=O) groups excluding carboxylic acids is 1. The van der Waals surface area contributed by atoms with E-state index >= 15 is 0 Å². The Balaban J connectivity index is 1.62. The second-order valence-corrected chi connectivity index (χ2v) is 7.05. The average Bonchev–Trinajstić information content (AvgIpc) is 3.24. The number of hydrogen-bond acceptors (Lipinski definition) is 5. The molecule has 1 aromatic carbocycles. The second-order valence-electron chi connectivity index (χ2n) is 7.05. The number of benzene rings is 1. The minimum absolute atomic E-state index is 0.0612. The molecule has 2 heterocycles. The largest absolute Gasteiger partial charge is 0.339 e. The predicted molar refractivity (Wildman–Crippen MR) is 94.9 cm³/mol. The molecule has 6 nitrogen and oxygen atoms in total. The standard InChI is InChI=1S/C19H26N4O2/c1-14(2)19-20-18(21-25-19)16-10-7-11-23(16)17(24)13-22(3)12-15-8-5-4-6-9-15/h4-6,8-9,14,16H,7,10-13H2,1-3H3. The van der Waals surface area contributed by atoms with Crippen LogP contribution in [0.1, 0.15) is 55.9 Å². The molecule has 0 radical (unpaired) electrons. The summed E-state index contributed by atoms with van der Waals surface area (Å²) in [6.07, 6.45) is 1.87. The number of carbonyl (C=O) groups is 1. The molecule has 1 aliphatic rings. The van der Waals surface area contributed by atoms with E-state index in [2.05, 4.69) is 22.3 Å². The van der Waals surface area contributed by atoms with Gasteiger partial charge in [0.1, 0.15) is 0 Å². The molecule has 0 N–H and O–H groups in total. The molecule has 1 atom stereocenters. The quantitative estimate of drug-likeness (QED) is 0.807. The van der Waals surface area contributed by atoms with Crippen molar-refractivity contribution in [2.75, 3.05) is 20.1 Å². The van der Waals surface area contributed by atoms with Crippen molar-refractivity contribution in [2.45, 2.75) is 45.2 Å². The van der Waals surface area contributed by atoms with Crippen LogP contribution in [0.4, 0.5) is 0 Å². The fourth-order valence-corrected chi connectivity index (χ4v) is 3.22. The van der Waals surface area contributed by atoms with Crippen molar-refractivity contribution >= 4 is 5.91 Å². The van der Waals surface area contributed by atoms with Gasteiger partial charge in [0.05, 0.1) is 12.6 Å². The Bertz CT molecular complexity index is 698. The molecule has 6 heteroatoms. The maximum Gasteiger partial charge on any atom is 0.237 e. The molecule has 25 heavy (non-hydrogen) atoms. The number of likely N-dealkylation sites (N-methyl/N-ethyl adjacent to an activating group) is 1. The lowest BCUT2D eigenvalue weighted by atomic mass is 10.2. The summed E-state index contributed by atoms with van der Waals surface area (Å²) in [6, 6.07) is 10.1. The summed E-state index contributed by atoms with van der Waals surface area (Å²) in [7, 11) is 1.97. The number of aromatic nitrogens is 2. The zero-order chi connectivity index (χ0) is 17.8. The summed E-state index contributed by atoms with van der Waals surface area (Å²) >= 11 is 0. The van der Waals surface area contributed by atoms with E-state index in [1.165, 1.54) is 5.56 Å². The van der Waals surface area contributed by atoms with Gasteiger partial charge in [-0.1, -0.05) is 49.3 Å². The number of likely N-dealkylation sites (tertiary alicyclic amines) is 1. The minimum atomic E-state index is -0.0612. The van der Waals surface area contributed by atoms with Crippen LogP contribution in [0.3, 0.4) is 0 Å². The fraction of sp³-hybridized carbons (Fsp3) is 0.526. The van der Waals surface area contributed by atoms with Crippen molar-refractivity contribution in [3.63, 3.8) is 0 Å². The highest BCUT2D eigenvalue weighted by molar-refractivity contribution is 5.79. The molecule has 0 aliphatic carbocycles. The molecule has 1 aromatic heterocycles. The fourth-order valence-electron chi connectivity index (χ4n) is 3.22. The minimum Gasteiger partial charge on any atom is -0.339 e. The molecule has 134 valence electrons. The van der Waals surface area contributed by atoms with Crippen molar-refractivity contribution < 1.29 is 9.32 Å². The van der Waals surface area contributed by atoms with Gasteiger partial charge in [-0.05, 0) is 25.5 Å². The molecule has 0 bridgehead atoms. The van der Waals surface area contributed by atoms with Gasteiger partial charge in [-0.25, -0.2) is 0 Å². The lowest BCUT2D eigenvalue weighted by Gasteiger charge is -2.25. The van der Waals surface area contributed by atoms with Crippen molar-refractivity contribution in [1.82, 2.24) is 19.9 Å². The van der Waals surface area contributed by atoms with Gasteiger partial charge < -0.3 is 9.42 Å². The first kappa shape index (κ1) is 17.6. The molecule has 0 saturated carbocycles. The van der Waals surface area contributed by atoms with Crippen molar-refractivity contribution in [1.29, 1.82) is 0 Å². The Labute approximate surface area is 148 Å². The first-order valence-corrected chi connectivity index (χ1v) is 8.90.